The summed E-state index contributed by atoms with van der Waals surface area (Å²) in [5, 5.41) is 3.00. The van der Waals surface area contributed by atoms with Crippen molar-refractivity contribution in [2.45, 2.75) is 45.6 Å². The van der Waals surface area contributed by atoms with Crippen LogP contribution in [-0.2, 0) is 13.0 Å². The van der Waals surface area contributed by atoms with Crippen molar-refractivity contribution >= 4 is 16.9 Å². The Morgan fingerprint density at radius 1 is 1.00 bits per heavy atom. The maximum atomic E-state index is 12.7. The molecule has 0 aliphatic rings. The van der Waals surface area contributed by atoms with Crippen LogP contribution in [0.1, 0.15) is 54.4 Å². The van der Waals surface area contributed by atoms with E-state index in [9.17, 15) is 4.79 Å². The number of methoxy groups -OCH3 is 2. The molecule has 0 aliphatic heterocycles. The SMILES string of the molecule is CCC(C)c1ccc(OCCCn2c(CCNC(=O)c3ccc(OC)c(OC)c3)nc3ccccc32)cc1. The van der Waals surface area contributed by atoms with Gasteiger partial charge in [0.05, 0.1) is 31.9 Å². The normalized spacial score (nSPS) is 11.8. The molecule has 3 aromatic carbocycles. The number of fused-ring (bicyclic) bond motifs is 1. The lowest BCUT2D eigenvalue weighted by molar-refractivity contribution is 0.0953. The molecule has 0 spiro atoms. The molecule has 1 aromatic heterocycles. The van der Waals surface area contributed by atoms with Crippen LogP contribution in [0, 0.1) is 0 Å². The topological polar surface area (TPSA) is 74.6 Å². The molecule has 200 valence electrons. The van der Waals surface area contributed by atoms with Crippen LogP contribution >= 0.6 is 0 Å². The van der Waals surface area contributed by atoms with Gasteiger partial charge in [-0.3, -0.25) is 4.79 Å². The van der Waals surface area contributed by atoms with Gasteiger partial charge in [0.15, 0.2) is 11.5 Å². The summed E-state index contributed by atoms with van der Waals surface area (Å²) in [7, 11) is 3.12. The highest BCUT2D eigenvalue weighted by Gasteiger charge is 2.13. The number of aromatic nitrogens is 2. The zero-order valence-corrected chi connectivity index (χ0v) is 22.7. The van der Waals surface area contributed by atoms with E-state index in [1.54, 1.807) is 32.4 Å². The minimum Gasteiger partial charge on any atom is -0.494 e. The molecular weight excluding hydrogens is 478 g/mol. The Balaban J connectivity index is 1.35. The van der Waals surface area contributed by atoms with Crippen molar-refractivity contribution in [3.05, 3.63) is 83.7 Å². The maximum absolute atomic E-state index is 12.7. The van der Waals surface area contributed by atoms with Crippen molar-refractivity contribution < 1.29 is 19.0 Å². The minimum atomic E-state index is -0.165. The number of ether oxygens (including phenoxy) is 3. The Labute approximate surface area is 224 Å². The molecule has 7 heteroatoms. The Morgan fingerprint density at radius 3 is 2.50 bits per heavy atom. The van der Waals surface area contributed by atoms with Crippen molar-refractivity contribution in [3.8, 4) is 17.2 Å². The van der Waals surface area contributed by atoms with Gasteiger partial charge in [-0.05, 0) is 66.8 Å². The van der Waals surface area contributed by atoms with Crippen LogP contribution in [0.3, 0.4) is 0 Å². The lowest BCUT2D eigenvalue weighted by atomic mass is 9.99. The van der Waals surface area contributed by atoms with Gasteiger partial charge in [0.2, 0.25) is 0 Å². The van der Waals surface area contributed by atoms with Gasteiger partial charge in [0, 0.05) is 25.1 Å². The van der Waals surface area contributed by atoms with Crippen molar-refractivity contribution in [3.63, 3.8) is 0 Å². The average Bonchev–Trinajstić information content (AvgIpc) is 3.31. The van der Waals surface area contributed by atoms with Crippen LogP contribution in [-0.4, -0.2) is 42.8 Å². The van der Waals surface area contributed by atoms with E-state index >= 15 is 0 Å². The molecule has 4 rings (SSSR count). The van der Waals surface area contributed by atoms with Crippen molar-refractivity contribution in [1.82, 2.24) is 14.9 Å². The lowest BCUT2D eigenvalue weighted by Crippen LogP contribution is -2.26. The van der Waals surface area contributed by atoms with Crippen LogP contribution in [0.4, 0.5) is 0 Å². The quantitative estimate of drug-likeness (QED) is 0.221. The van der Waals surface area contributed by atoms with E-state index < -0.39 is 0 Å². The zero-order valence-electron chi connectivity index (χ0n) is 22.7. The van der Waals surface area contributed by atoms with Gasteiger partial charge in [-0.15, -0.1) is 0 Å². The number of carbonyl (C=O) groups is 1. The van der Waals surface area contributed by atoms with E-state index in [0.29, 0.717) is 42.6 Å². The summed E-state index contributed by atoms with van der Waals surface area (Å²) in [5.41, 5.74) is 3.90. The molecule has 0 aliphatic carbocycles. The second-order valence-corrected chi connectivity index (χ2v) is 9.32. The third kappa shape index (κ3) is 6.46. The number of carbonyl (C=O) groups excluding carboxylic acids is 1. The number of benzene rings is 3. The number of hydrogen-bond acceptors (Lipinski definition) is 5. The fourth-order valence-electron chi connectivity index (χ4n) is 4.47. The fourth-order valence-corrected chi connectivity index (χ4v) is 4.47. The van der Waals surface area contributed by atoms with Gasteiger partial charge in [0.1, 0.15) is 11.6 Å². The van der Waals surface area contributed by atoms with Gasteiger partial charge in [0.25, 0.3) is 5.91 Å². The van der Waals surface area contributed by atoms with Gasteiger partial charge >= 0.3 is 0 Å². The van der Waals surface area contributed by atoms with Crippen molar-refractivity contribution in [2.75, 3.05) is 27.4 Å². The van der Waals surface area contributed by atoms with E-state index in [4.69, 9.17) is 19.2 Å². The molecule has 1 unspecified atom stereocenters. The number of imidazole rings is 1. The van der Waals surface area contributed by atoms with Crippen LogP contribution in [0.25, 0.3) is 11.0 Å². The smallest absolute Gasteiger partial charge is 0.251 e. The highest BCUT2D eigenvalue weighted by atomic mass is 16.5. The monoisotopic (exact) mass is 515 g/mol. The first-order valence-electron chi connectivity index (χ1n) is 13.2. The molecule has 4 aromatic rings. The van der Waals surface area contributed by atoms with E-state index in [1.807, 2.05) is 18.2 Å². The predicted octanol–water partition coefficient (Wildman–Crippen LogP) is 6.01. The van der Waals surface area contributed by atoms with Gasteiger partial charge in [-0.1, -0.05) is 38.1 Å². The van der Waals surface area contributed by atoms with Crippen LogP contribution < -0.4 is 19.5 Å². The molecule has 7 nitrogen and oxygen atoms in total. The first kappa shape index (κ1) is 27.0. The molecule has 0 fully saturated rings. The number of amides is 1. The predicted molar refractivity (Wildman–Crippen MR) is 151 cm³/mol. The van der Waals surface area contributed by atoms with Crippen molar-refractivity contribution in [1.29, 1.82) is 0 Å². The summed E-state index contributed by atoms with van der Waals surface area (Å²) in [6.07, 6.45) is 2.59. The number of nitrogens with zero attached hydrogens (tertiary/aromatic N) is 2. The Hall–Kier alpha value is -4.00. The summed E-state index contributed by atoms with van der Waals surface area (Å²) in [5.74, 6) is 3.34. The fraction of sp³-hybridized carbons (Fsp3) is 0.355. The number of rotatable bonds is 13. The number of aryl methyl sites for hydroxylation is 1. The lowest BCUT2D eigenvalue weighted by Gasteiger charge is -2.13. The molecule has 0 saturated carbocycles. The molecule has 1 atom stereocenters. The largest absolute Gasteiger partial charge is 0.494 e. The van der Waals surface area contributed by atoms with Gasteiger partial charge in [-0.25, -0.2) is 4.98 Å². The summed E-state index contributed by atoms with van der Waals surface area (Å²) in [4.78, 5) is 17.6. The molecule has 0 bridgehead atoms. The summed E-state index contributed by atoms with van der Waals surface area (Å²) in [6, 6.07) is 21.7. The zero-order chi connectivity index (χ0) is 26.9. The molecule has 1 N–H and O–H groups in total. The first-order valence-corrected chi connectivity index (χ1v) is 13.2. The van der Waals surface area contributed by atoms with Crippen LogP contribution in [0.5, 0.6) is 17.2 Å². The van der Waals surface area contributed by atoms with Crippen molar-refractivity contribution in [2.24, 2.45) is 0 Å². The van der Waals surface area contributed by atoms with Gasteiger partial charge in [-0.2, -0.15) is 0 Å². The molecule has 1 heterocycles. The van der Waals surface area contributed by atoms with Crippen LogP contribution in [0.2, 0.25) is 0 Å². The average molecular weight is 516 g/mol. The van der Waals surface area contributed by atoms with Gasteiger partial charge < -0.3 is 24.1 Å². The Morgan fingerprint density at radius 2 is 1.76 bits per heavy atom. The second kappa shape index (κ2) is 13.0. The standard InChI is InChI=1S/C31H37N3O4/c1-5-22(2)23-11-14-25(15-12-23)38-20-8-19-34-27-10-7-6-9-26(27)33-30(34)17-18-32-31(35)24-13-16-28(36-3)29(21-24)37-4/h6-7,9-16,21-22H,5,8,17-20H2,1-4H3,(H,32,35). The van der Waals surface area contributed by atoms with E-state index in [0.717, 1.165) is 42.0 Å². The minimum absolute atomic E-state index is 0.165. The molecule has 0 saturated heterocycles. The Bertz CT molecular complexity index is 1350. The van der Waals surface area contributed by atoms with E-state index in [2.05, 4.69) is 54.1 Å². The summed E-state index contributed by atoms with van der Waals surface area (Å²) >= 11 is 0. The Kier molecular flexibility index (Phi) is 9.25. The molecule has 1 amide bonds. The van der Waals surface area contributed by atoms with Crippen LogP contribution in [0.15, 0.2) is 66.7 Å². The van der Waals surface area contributed by atoms with E-state index in [1.165, 1.54) is 5.56 Å². The molecule has 38 heavy (non-hydrogen) atoms. The number of para-hydroxylation sites is 2. The number of hydrogen-bond donors (Lipinski definition) is 1. The number of nitrogens with one attached hydrogen (secondary N) is 1. The maximum Gasteiger partial charge on any atom is 0.251 e. The highest BCUT2D eigenvalue weighted by Crippen LogP contribution is 2.27. The summed E-state index contributed by atoms with van der Waals surface area (Å²) in [6.45, 7) is 6.31. The first-order chi connectivity index (χ1) is 18.5. The molecular formula is C31H37N3O4. The highest BCUT2D eigenvalue weighted by molar-refractivity contribution is 5.94. The van der Waals surface area contributed by atoms with E-state index in [-0.39, 0.29) is 5.91 Å². The third-order valence-electron chi connectivity index (χ3n) is 6.87. The summed E-state index contributed by atoms with van der Waals surface area (Å²) < 4.78 is 18.8. The second-order valence-electron chi connectivity index (χ2n) is 9.32. The third-order valence-corrected chi connectivity index (χ3v) is 6.87. The molecule has 0 radical (unpaired) electrons.